The van der Waals surface area contributed by atoms with Gasteiger partial charge in [-0.2, -0.15) is 0 Å². The summed E-state index contributed by atoms with van der Waals surface area (Å²) in [5.74, 6) is -0.321. The lowest BCUT2D eigenvalue weighted by Gasteiger charge is -1.86. The van der Waals surface area contributed by atoms with Gasteiger partial charge in [-0.3, -0.25) is 4.79 Å². The third-order valence-corrected chi connectivity index (χ3v) is 1.03. The minimum Gasteiger partial charge on any atom is -0.481 e. The molecule has 2 radical (unpaired) electrons. The molecule has 0 unspecified atom stereocenters. The first-order valence-corrected chi connectivity index (χ1v) is 2.92. The van der Waals surface area contributed by atoms with Crippen LogP contribution in [0.25, 0.3) is 0 Å². The fourth-order valence-corrected chi connectivity index (χ4v) is 0.439. The molecule has 7 heavy (non-hydrogen) atoms. The predicted octanol–water partition coefficient (Wildman–Crippen LogP) is 0.515. The maximum absolute atomic E-state index is 9.68. The van der Waals surface area contributed by atoms with Crippen molar-refractivity contribution in [1.29, 1.82) is 0 Å². The quantitative estimate of drug-likeness (QED) is 0.586. The van der Waals surface area contributed by atoms with Crippen LogP contribution in [0.5, 0.6) is 0 Å². The second-order valence-electron chi connectivity index (χ2n) is 0.909. The first-order valence-electron chi connectivity index (χ1n) is 1.77. The minimum atomic E-state index is -0.810. The van der Waals surface area contributed by atoms with Crippen LogP contribution in [0.3, 0.4) is 0 Å². The molecule has 2 nitrogen and oxygen atoms in total. The first-order chi connectivity index (χ1) is 3.27. The van der Waals surface area contributed by atoms with E-state index in [1.807, 2.05) is 0 Å². The molecule has 0 amide bonds. The Morgan fingerprint density at radius 3 is 2.57 bits per heavy atom. The molecule has 3 heteroatoms. The molecule has 0 aliphatic heterocycles. The molecule has 0 saturated heterocycles. The monoisotopic (exact) mass is 118 g/mol. The van der Waals surface area contributed by atoms with Crippen molar-refractivity contribution < 1.29 is 9.90 Å². The molecule has 0 bridgehead atoms. The van der Waals surface area contributed by atoms with Gasteiger partial charge in [-0.05, 0) is 12.7 Å². The third-order valence-electron chi connectivity index (χ3n) is 0.343. The SMILES string of the molecule is [CH]CSCC(=O)O. The molecule has 0 fully saturated rings. The smallest absolute Gasteiger partial charge is 0.313 e. The van der Waals surface area contributed by atoms with E-state index in [4.69, 9.17) is 12.0 Å². The van der Waals surface area contributed by atoms with Crippen LogP contribution in [-0.4, -0.2) is 22.6 Å². The van der Waals surface area contributed by atoms with Gasteiger partial charge in [0.05, 0.1) is 5.75 Å². The van der Waals surface area contributed by atoms with Crippen molar-refractivity contribution in [2.75, 3.05) is 11.5 Å². The van der Waals surface area contributed by atoms with Gasteiger partial charge < -0.3 is 5.11 Å². The summed E-state index contributed by atoms with van der Waals surface area (Å²) in [7, 11) is 0. The van der Waals surface area contributed by atoms with Gasteiger partial charge in [0.2, 0.25) is 0 Å². The Hall–Kier alpha value is -0.180. The number of thioether (sulfide) groups is 1. The van der Waals surface area contributed by atoms with E-state index >= 15 is 0 Å². The van der Waals surface area contributed by atoms with E-state index in [-0.39, 0.29) is 5.75 Å². The predicted molar refractivity (Wildman–Crippen MR) is 29.3 cm³/mol. The van der Waals surface area contributed by atoms with Gasteiger partial charge in [-0.1, -0.05) is 0 Å². The van der Waals surface area contributed by atoms with Crippen LogP contribution in [0.2, 0.25) is 0 Å². The van der Waals surface area contributed by atoms with Gasteiger partial charge in [0.25, 0.3) is 0 Å². The lowest BCUT2D eigenvalue weighted by Crippen LogP contribution is -1.97. The van der Waals surface area contributed by atoms with Crippen molar-refractivity contribution in [3.05, 3.63) is 6.92 Å². The average molecular weight is 118 g/mol. The average Bonchev–Trinajstić information content (AvgIpc) is 1.61. The zero-order valence-corrected chi connectivity index (χ0v) is 4.57. The standard InChI is InChI=1S/C4H6O2S/c1-2-7-3-4(5)6/h1H,2-3H2,(H,5,6). The van der Waals surface area contributed by atoms with Crippen molar-refractivity contribution in [3.8, 4) is 0 Å². The topological polar surface area (TPSA) is 37.3 Å². The summed E-state index contributed by atoms with van der Waals surface area (Å²) in [5.41, 5.74) is 0. The number of carboxylic acid groups (broad SMARTS) is 1. The Morgan fingerprint density at radius 1 is 1.86 bits per heavy atom. The highest BCUT2D eigenvalue weighted by molar-refractivity contribution is 7.99. The van der Waals surface area contributed by atoms with Crippen molar-refractivity contribution in [2.45, 2.75) is 0 Å². The third kappa shape index (κ3) is 5.82. The highest BCUT2D eigenvalue weighted by Crippen LogP contribution is 1.94. The van der Waals surface area contributed by atoms with Crippen LogP contribution in [0.4, 0.5) is 0 Å². The van der Waals surface area contributed by atoms with Crippen LogP contribution >= 0.6 is 11.8 Å². The van der Waals surface area contributed by atoms with Crippen LogP contribution in [-0.2, 0) is 4.79 Å². The Balaban J connectivity index is 2.82. The second-order valence-corrected chi connectivity index (χ2v) is 1.94. The maximum Gasteiger partial charge on any atom is 0.313 e. The molecule has 0 aliphatic rings. The van der Waals surface area contributed by atoms with Crippen LogP contribution in [0.1, 0.15) is 0 Å². The largest absolute Gasteiger partial charge is 0.481 e. The number of carboxylic acids is 1. The summed E-state index contributed by atoms with van der Waals surface area (Å²) in [6.07, 6.45) is 0. The summed E-state index contributed by atoms with van der Waals surface area (Å²) in [6.45, 7) is 4.98. The molecule has 0 spiro atoms. The first kappa shape index (κ1) is 6.82. The lowest BCUT2D eigenvalue weighted by atomic mass is 10.8. The van der Waals surface area contributed by atoms with E-state index in [0.29, 0.717) is 5.75 Å². The summed E-state index contributed by atoms with van der Waals surface area (Å²) in [4.78, 5) is 9.68. The normalized spacial score (nSPS) is 8.71. The molecular formula is C4H6O2S. The van der Waals surface area contributed by atoms with Gasteiger partial charge in [0, 0.05) is 0 Å². The number of rotatable bonds is 3. The van der Waals surface area contributed by atoms with E-state index in [1.165, 1.54) is 11.8 Å². The van der Waals surface area contributed by atoms with Crippen LogP contribution in [0.15, 0.2) is 0 Å². The lowest BCUT2D eigenvalue weighted by molar-refractivity contribution is -0.133. The number of hydrogen-bond donors (Lipinski definition) is 1. The van der Waals surface area contributed by atoms with E-state index in [2.05, 4.69) is 0 Å². The van der Waals surface area contributed by atoms with Gasteiger partial charge >= 0.3 is 5.97 Å². The summed E-state index contributed by atoms with van der Waals surface area (Å²) in [5, 5.41) is 7.97. The molecule has 0 heterocycles. The van der Waals surface area contributed by atoms with Crippen molar-refractivity contribution >= 4 is 17.7 Å². The molecule has 0 atom stereocenters. The van der Waals surface area contributed by atoms with Gasteiger partial charge in [-0.15, -0.1) is 11.8 Å². The molecular weight excluding hydrogens is 112 g/mol. The van der Waals surface area contributed by atoms with E-state index in [0.717, 1.165) is 0 Å². The number of hydrogen-bond acceptors (Lipinski definition) is 2. The van der Waals surface area contributed by atoms with Crippen molar-refractivity contribution in [2.24, 2.45) is 0 Å². The molecule has 0 aromatic heterocycles. The zero-order chi connectivity index (χ0) is 5.70. The van der Waals surface area contributed by atoms with E-state index in [9.17, 15) is 4.79 Å². The Kier molecular flexibility index (Phi) is 3.89. The molecule has 0 saturated carbocycles. The Morgan fingerprint density at radius 2 is 2.43 bits per heavy atom. The molecule has 0 aromatic rings. The summed E-state index contributed by atoms with van der Waals surface area (Å²) < 4.78 is 0. The molecule has 40 valence electrons. The molecule has 1 N–H and O–H groups in total. The molecule has 0 aliphatic carbocycles. The van der Waals surface area contributed by atoms with E-state index < -0.39 is 5.97 Å². The summed E-state index contributed by atoms with van der Waals surface area (Å²) >= 11 is 1.19. The fourth-order valence-electron chi connectivity index (χ4n) is 0.146. The van der Waals surface area contributed by atoms with Crippen molar-refractivity contribution in [1.82, 2.24) is 0 Å². The van der Waals surface area contributed by atoms with Crippen molar-refractivity contribution in [3.63, 3.8) is 0 Å². The molecule has 0 aromatic carbocycles. The van der Waals surface area contributed by atoms with Gasteiger partial charge in [0.1, 0.15) is 0 Å². The fraction of sp³-hybridized carbons (Fsp3) is 0.500. The zero-order valence-electron chi connectivity index (χ0n) is 3.76. The van der Waals surface area contributed by atoms with E-state index in [1.54, 1.807) is 0 Å². The highest BCUT2D eigenvalue weighted by atomic mass is 32.2. The molecule has 0 rings (SSSR count). The number of aliphatic carboxylic acids is 1. The highest BCUT2D eigenvalue weighted by Gasteiger charge is 1.91. The van der Waals surface area contributed by atoms with Gasteiger partial charge in [-0.25, -0.2) is 0 Å². The minimum absolute atomic E-state index is 0.108. The van der Waals surface area contributed by atoms with Crippen LogP contribution in [0, 0.1) is 6.92 Å². The summed E-state index contributed by atoms with van der Waals surface area (Å²) in [6, 6.07) is 0. The maximum atomic E-state index is 9.68. The second kappa shape index (κ2) is 3.99. The van der Waals surface area contributed by atoms with Gasteiger partial charge in [0.15, 0.2) is 0 Å². The Bertz CT molecular complexity index is 62.7. The van der Waals surface area contributed by atoms with Crippen LogP contribution < -0.4 is 0 Å². The number of carbonyl (C=O) groups is 1. The Labute approximate surface area is 46.9 Å².